The largest absolute Gasteiger partial charge is 0.352 e. The minimum Gasteiger partial charge on any atom is -0.352 e. The SMILES string of the molecule is O=C(/C=C\C1CCCCC1)NCCC(=O)NCc1cccnc1. The van der Waals surface area contributed by atoms with E-state index in [-0.39, 0.29) is 18.2 Å². The highest BCUT2D eigenvalue weighted by Crippen LogP contribution is 2.24. The van der Waals surface area contributed by atoms with Gasteiger partial charge in [0.1, 0.15) is 0 Å². The number of rotatable bonds is 7. The number of pyridine rings is 1. The van der Waals surface area contributed by atoms with Gasteiger partial charge in [-0.2, -0.15) is 0 Å². The van der Waals surface area contributed by atoms with E-state index in [4.69, 9.17) is 0 Å². The molecule has 1 aromatic heterocycles. The van der Waals surface area contributed by atoms with Crippen LogP contribution in [0.5, 0.6) is 0 Å². The first-order valence-corrected chi connectivity index (χ1v) is 8.35. The fourth-order valence-corrected chi connectivity index (χ4v) is 2.70. The number of hydrogen-bond donors (Lipinski definition) is 2. The van der Waals surface area contributed by atoms with Gasteiger partial charge in [0.25, 0.3) is 0 Å². The van der Waals surface area contributed by atoms with E-state index in [1.54, 1.807) is 18.5 Å². The van der Waals surface area contributed by atoms with Crippen LogP contribution >= 0.6 is 0 Å². The van der Waals surface area contributed by atoms with E-state index >= 15 is 0 Å². The Bertz CT molecular complexity index is 522. The number of aromatic nitrogens is 1. The molecule has 0 aromatic carbocycles. The fourth-order valence-electron chi connectivity index (χ4n) is 2.70. The number of nitrogens with one attached hydrogen (secondary N) is 2. The summed E-state index contributed by atoms with van der Waals surface area (Å²) in [6, 6.07) is 3.74. The summed E-state index contributed by atoms with van der Waals surface area (Å²) in [5, 5.41) is 5.56. The molecule has 2 amide bonds. The molecule has 1 fully saturated rings. The van der Waals surface area contributed by atoms with Crippen molar-refractivity contribution in [1.29, 1.82) is 0 Å². The molecule has 1 aromatic rings. The second-order valence-electron chi connectivity index (χ2n) is 5.94. The van der Waals surface area contributed by atoms with E-state index < -0.39 is 0 Å². The third kappa shape index (κ3) is 7.08. The molecule has 1 saturated carbocycles. The molecule has 5 heteroatoms. The normalized spacial score (nSPS) is 15.5. The summed E-state index contributed by atoms with van der Waals surface area (Å²) in [6.07, 6.45) is 13.5. The molecule has 2 rings (SSSR count). The first-order valence-electron chi connectivity index (χ1n) is 8.35. The van der Waals surface area contributed by atoms with Crippen LogP contribution in [-0.2, 0) is 16.1 Å². The van der Waals surface area contributed by atoms with E-state index in [0.29, 0.717) is 19.0 Å². The van der Waals surface area contributed by atoms with E-state index in [2.05, 4.69) is 15.6 Å². The summed E-state index contributed by atoms with van der Waals surface area (Å²) in [5.41, 5.74) is 0.959. The number of carbonyl (C=O) groups is 2. The number of hydrogen-bond acceptors (Lipinski definition) is 3. The minimum atomic E-state index is -0.115. The van der Waals surface area contributed by atoms with Gasteiger partial charge in [0, 0.05) is 31.9 Å². The van der Waals surface area contributed by atoms with E-state index in [0.717, 1.165) is 5.56 Å². The van der Waals surface area contributed by atoms with Crippen molar-refractivity contribution >= 4 is 11.8 Å². The Morgan fingerprint density at radius 3 is 2.78 bits per heavy atom. The van der Waals surface area contributed by atoms with Gasteiger partial charge in [-0.3, -0.25) is 14.6 Å². The van der Waals surface area contributed by atoms with Gasteiger partial charge in [-0.1, -0.05) is 31.4 Å². The third-order valence-corrected chi connectivity index (χ3v) is 4.03. The van der Waals surface area contributed by atoms with Gasteiger partial charge < -0.3 is 10.6 Å². The number of allylic oxidation sites excluding steroid dienone is 1. The minimum absolute atomic E-state index is 0.0783. The Hall–Kier alpha value is -2.17. The van der Waals surface area contributed by atoms with E-state index in [9.17, 15) is 9.59 Å². The third-order valence-electron chi connectivity index (χ3n) is 4.03. The van der Waals surface area contributed by atoms with Gasteiger partial charge in [0.2, 0.25) is 11.8 Å². The van der Waals surface area contributed by atoms with Crippen LogP contribution in [0.25, 0.3) is 0 Å². The van der Waals surface area contributed by atoms with Gasteiger partial charge in [0.05, 0.1) is 0 Å². The highest BCUT2D eigenvalue weighted by Gasteiger charge is 2.10. The monoisotopic (exact) mass is 315 g/mol. The van der Waals surface area contributed by atoms with Crippen LogP contribution in [0.1, 0.15) is 44.1 Å². The van der Waals surface area contributed by atoms with Crippen molar-refractivity contribution in [3.63, 3.8) is 0 Å². The topological polar surface area (TPSA) is 71.1 Å². The summed E-state index contributed by atoms with van der Waals surface area (Å²) in [6.45, 7) is 0.814. The maximum Gasteiger partial charge on any atom is 0.243 e. The Kier molecular flexibility index (Phi) is 7.30. The van der Waals surface area contributed by atoms with Crippen molar-refractivity contribution in [2.45, 2.75) is 45.1 Å². The van der Waals surface area contributed by atoms with Crippen LogP contribution in [0.15, 0.2) is 36.7 Å². The Morgan fingerprint density at radius 1 is 1.22 bits per heavy atom. The Balaban J connectivity index is 1.57. The lowest BCUT2D eigenvalue weighted by atomic mass is 9.89. The lowest BCUT2D eigenvalue weighted by Gasteiger charge is -2.17. The fraction of sp³-hybridized carbons (Fsp3) is 0.500. The predicted octanol–water partition coefficient (Wildman–Crippen LogP) is 2.34. The van der Waals surface area contributed by atoms with Crippen molar-refractivity contribution in [2.24, 2.45) is 5.92 Å². The lowest BCUT2D eigenvalue weighted by molar-refractivity contribution is -0.121. The molecule has 1 heterocycles. The van der Waals surface area contributed by atoms with Gasteiger partial charge in [0.15, 0.2) is 0 Å². The van der Waals surface area contributed by atoms with Crippen LogP contribution in [0.3, 0.4) is 0 Å². The zero-order valence-corrected chi connectivity index (χ0v) is 13.5. The molecular formula is C18H25N3O2. The van der Waals surface area contributed by atoms with Crippen molar-refractivity contribution < 1.29 is 9.59 Å². The standard InChI is InChI=1S/C18H25N3O2/c22-17(9-8-15-5-2-1-3-6-15)20-12-10-18(23)21-14-16-7-4-11-19-13-16/h4,7-9,11,13,15H,1-3,5-6,10,12,14H2,(H,20,22)(H,21,23)/b9-8-. The molecule has 1 aliphatic rings. The van der Waals surface area contributed by atoms with Gasteiger partial charge in [-0.05, 0) is 36.5 Å². The van der Waals surface area contributed by atoms with Crippen molar-refractivity contribution in [3.05, 3.63) is 42.2 Å². The average Bonchev–Trinajstić information content (AvgIpc) is 2.60. The molecule has 0 atom stereocenters. The highest BCUT2D eigenvalue weighted by molar-refractivity contribution is 5.87. The van der Waals surface area contributed by atoms with E-state index in [1.807, 2.05) is 18.2 Å². The molecule has 0 unspecified atom stereocenters. The average molecular weight is 315 g/mol. The molecule has 0 bridgehead atoms. The summed E-state index contributed by atoms with van der Waals surface area (Å²) in [5.74, 6) is 0.346. The van der Waals surface area contributed by atoms with Crippen molar-refractivity contribution in [3.8, 4) is 0 Å². The molecule has 0 aliphatic heterocycles. The molecule has 2 N–H and O–H groups in total. The Labute approximate surface area is 137 Å². The number of carbonyl (C=O) groups excluding carboxylic acids is 2. The summed E-state index contributed by atoms with van der Waals surface area (Å²) in [4.78, 5) is 27.4. The first-order chi connectivity index (χ1) is 11.2. The first kappa shape index (κ1) is 17.2. The predicted molar refractivity (Wildman–Crippen MR) is 89.4 cm³/mol. The van der Waals surface area contributed by atoms with Crippen LogP contribution in [0, 0.1) is 5.92 Å². The van der Waals surface area contributed by atoms with Crippen LogP contribution in [-0.4, -0.2) is 23.3 Å². The summed E-state index contributed by atoms with van der Waals surface area (Å²) >= 11 is 0. The molecular weight excluding hydrogens is 290 g/mol. The van der Waals surface area contributed by atoms with E-state index in [1.165, 1.54) is 32.1 Å². The maximum atomic E-state index is 11.7. The molecule has 0 spiro atoms. The number of nitrogens with zero attached hydrogens (tertiary/aromatic N) is 1. The molecule has 23 heavy (non-hydrogen) atoms. The maximum absolute atomic E-state index is 11.7. The zero-order valence-electron chi connectivity index (χ0n) is 13.5. The second kappa shape index (κ2) is 9.77. The summed E-state index contributed by atoms with van der Waals surface area (Å²) < 4.78 is 0. The summed E-state index contributed by atoms with van der Waals surface area (Å²) in [7, 11) is 0. The van der Waals surface area contributed by atoms with Crippen LogP contribution in [0.4, 0.5) is 0 Å². The second-order valence-corrected chi connectivity index (χ2v) is 5.94. The quantitative estimate of drug-likeness (QED) is 0.759. The smallest absolute Gasteiger partial charge is 0.243 e. The molecule has 1 aliphatic carbocycles. The molecule has 0 saturated heterocycles. The van der Waals surface area contributed by atoms with Gasteiger partial charge in [-0.25, -0.2) is 0 Å². The molecule has 5 nitrogen and oxygen atoms in total. The van der Waals surface area contributed by atoms with Crippen LogP contribution < -0.4 is 10.6 Å². The molecule has 0 radical (unpaired) electrons. The Morgan fingerprint density at radius 2 is 2.04 bits per heavy atom. The highest BCUT2D eigenvalue weighted by atomic mass is 16.2. The van der Waals surface area contributed by atoms with Crippen LogP contribution in [0.2, 0.25) is 0 Å². The van der Waals surface area contributed by atoms with Gasteiger partial charge in [-0.15, -0.1) is 0 Å². The zero-order chi connectivity index (χ0) is 16.3. The molecule has 124 valence electrons. The van der Waals surface area contributed by atoms with Gasteiger partial charge >= 0.3 is 0 Å². The van der Waals surface area contributed by atoms with Crippen molar-refractivity contribution in [2.75, 3.05) is 6.54 Å². The lowest BCUT2D eigenvalue weighted by Crippen LogP contribution is -2.29. The van der Waals surface area contributed by atoms with Crippen molar-refractivity contribution in [1.82, 2.24) is 15.6 Å². The number of amides is 2.